The van der Waals surface area contributed by atoms with E-state index in [1.807, 2.05) is 49.4 Å². The molecule has 0 saturated heterocycles. The summed E-state index contributed by atoms with van der Waals surface area (Å²) in [4.78, 5) is 19.6. The van der Waals surface area contributed by atoms with Crippen LogP contribution in [0, 0.1) is 0 Å². The van der Waals surface area contributed by atoms with E-state index in [2.05, 4.69) is 9.97 Å². The second-order valence-electron chi connectivity index (χ2n) is 4.22. The van der Waals surface area contributed by atoms with E-state index in [0.29, 0.717) is 0 Å². The van der Waals surface area contributed by atoms with E-state index in [9.17, 15) is 4.79 Å². The molecule has 3 nitrogen and oxygen atoms in total. The zero-order chi connectivity index (χ0) is 14.9. The summed E-state index contributed by atoms with van der Waals surface area (Å²) in [6, 6.07) is 7.97. The predicted octanol–water partition coefficient (Wildman–Crippen LogP) is 3.94. The van der Waals surface area contributed by atoms with Crippen molar-refractivity contribution in [2.24, 2.45) is 0 Å². The third kappa shape index (κ3) is 5.36. The van der Waals surface area contributed by atoms with Gasteiger partial charge < -0.3 is 0 Å². The molecule has 2 rings (SSSR count). The Bertz CT molecular complexity index is 634. The van der Waals surface area contributed by atoms with Gasteiger partial charge in [-0.15, -0.1) is 0 Å². The van der Waals surface area contributed by atoms with Crippen LogP contribution in [0.15, 0.2) is 48.9 Å². The monoisotopic (exact) mass is 296 g/mol. The minimum absolute atomic E-state index is 0.0872. The zero-order valence-electron chi connectivity index (χ0n) is 11.8. The topological polar surface area (TPSA) is 42.9 Å². The summed E-state index contributed by atoms with van der Waals surface area (Å²) in [6.45, 7) is 1.97. The van der Waals surface area contributed by atoms with E-state index in [1.54, 1.807) is 24.7 Å². The van der Waals surface area contributed by atoms with Crippen LogP contribution in [0.4, 0.5) is 0 Å². The number of carbonyl (C=O) groups is 1. The molecule has 0 N–H and O–H groups in total. The van der Waals surface area contributed by atoms with Gasteiger partial charge in [-0.05, 0) is 29.0 Å². The maximum Gasteiger partial charge on any atom is 0.212 e. The van der Waals surface area contributed by atoms with Crippen molar-refractivity contribution >= 4 is 35.1 Å². The van der Waals surface area contributed by atoms with Gasteiger partial charge in [-0.25, -0.2) is 0 Å². The lowest BCUT2D eigenvalue weighted by atomic mass is 10.1. The largest absolute Gasteiger partial charge is 0.282 e. The Hall–Kier alpha value is -2.20. The lowest BCUT2D eigenvalue weighted by molar-refractivity contribution is -0.106. The van der Waals surface area contributed by atoms with Gasteiger partial charge in [0.15, 0.2) is 0 Å². The van der Waals surface area contributed by atoms with Crippen LogP contribution in [0.1, 0.15) is 23.7 Å². The van der Waals surface area contributed by atoms with Crippen LogP contribution in [-0.4, -0.2) is 20.8 Å². The minimum Gasteiger partial charge on any atom is -0.282 e. The highest BCUT2D eigenvalue weighted by molar-refractivity contribution is 8.14. The molecule has 0 radical (unpaired) electrons. The molecule has 1 aromatic heterocycles. The summed E-state index contributed by atoms with van der Waals surface area (Å²) in [6.07, 6.45) is 12.4. The smallest absolute Gasteiger partial charge is 0.212 e. The SMILES string of the molecule is CCSC(=O)/C=C/c1ccc(/C=C/c2cnccn2)cc1. The first-order valence-electron chi connectivity index (χ1n) is 6.67. The molecule has 0 amide bonds. The molecule has 0 aliphatic rings. The second-order valence-corrected chi connectivity index (χ2v) is 5.48. The van der Waals surface area contributed by atoms with E-state index in [0.717, 1.165) is 22.6 Å². The maximum atomic E-state index is 11.4. The van der Waals surface area contributed by atoms with Gasteiger partial charge in [0, 0.05) is 12.4 Å². The Labute approximate surface area is 128 Å². The Balaban J connectivity index is 1.99. The van der Waals surface area contributed by atoms with E-state index in [1.165, 1.54) is 11.8 Å². The predicted molar refractivity (Wildman–Crippen MR) is 89.6 cm³/mol. The van der Waals surface area contributed by atoms with E-state index in [-0.39, 0.29) is 5.12 Å². The van der Waals surface area contributed by atoms with Crippen LogP contribution in [0.3, 0.4) is 0 Å². The molecule has 0 atom stereocenters. The molecule has 1 heterocycles. The number of hydrogen-bond acceptors (Lipinski definition) is 4. The number of benzene rings is 1. The summed E-state index contributed by atoms with van der Waals surface area (Å²) in [5.74, 6) is 0.801. The Morgan fingerprint density at radius 2 is 1.81 bits per heavy atom. The molecule has 0 bridgehead atoms. The number of hydrogen-bond donors (Lipinski definition) is 0. The van der Waals surface area contributed by atoms with Gasteiger partial charge >= 0.3 is 0 Å². The van der Waals surface area contributed by atoms with Crippen molar-refractivity contribution in [2.75, 3.05) is 5.75 Å². The third-order valence-corrected chi connectivity index (χ3v) is 3.37. The Morgan fingerprint density at radius 3 is 2.43 bits per heavy atom. The van der Waals surface area contributed by atoms with Gasteiger partial charge in [0.2, 0.25) is 5.12 Å². The van der Waals surface area contributed by atoms with Crippen LogP contribution in [0.25, 0.3) is 18.2 Å². The van der Waals surface area contributed by atoms with Crippen molar-refractivity contribution in [1.29, 1.82) is 0 Å². The molecular formula is C17H16N2OS. The Morgan fingerprint density at radius 1 is 1.10 bits per heavy atom. The minimum atomic E-state index is 0.0872. The van der Waals surface area contributed by atoms with Gasteiger partial charge in [0.1, 0.15) is 0 Å². The van der Waals surface area contributed by atoms with Crippen LogP contribution >= 0.6 is 11.8 Å². The Kier molecular flexibility index (Phi) is 5.91. The average Bonchev–Trinajstić information content (AvgIpc) is 2.53. The van der Waals surface area contributed by atoms with Crippen LogP contribution in [0.2, 0.25) is 0 Å². The van der Waals surface area contributed by atoms with Crippen LogP contribution in [-0.2, 0) is 4.79 Å². The second kappa shape index (κ2) is 8.17. The summed E-state index contributed by atoms with van der Waals surface area (Å²) in [7, 11) is 0. The van der Waals surface area contributed by atoms with E-state index < -0.39 is 0 Å². The van der Waals surface area contributed by atoms with Gasteiger partial charge in [0.05, 0.1) is 11.9 Å². The fraction of sp³-hybridized carbons (Fsp3) is 0.118. The highest BCUT2D eigenvalue weighted by atomic mass is 32.2. The molecule has 0 spiro atoms. The van der Waals surface area contributed by atoms with Crippen molar-refractivity contribution in [1.82, 2.24) is 9.97 Å². The van der Waals surface area contributed by atoms with Crippen LogP contribution < -0.4 is 0 Å². The lowest BCUT2D eigenvalue weighted by Crippen LogP contribution is -1.84. The highest BCUT2D eigenvalue weighted by Crippen LogP contribution is 2.11. The van der Waals surface area contributed by atoms with Crippen molar-refractivity contribution < 1.29 is 4.79 Å². The third-order valence-electron chi connectivity index (χ3n) is 2.66. The van der Waals surface area contributed by atoms with Crippen molar-refractivity contribution in [3.05, 3.63) is 65.8 Å². The molecule has 2 aromatic rings. The molecule has 0 unspecified atom stereocenters. The summed E-state index contributed by atoms with van der Waals surface area (Å²) >= 11 is 1.31. The fourth-order valence-corrected chi connectivity index (χ4v) is 2.10. The van der Waals surface area contributed by atoms with Gasteiger partial charge in [-0.3, -0.25) is 14.8 Å². The molecule has 0 saturated carbocycles. The average molecular weight is 296 g/mol. The zero-order valence-corrected chi connectivity index (χ0v) is 12.6. The van der Waals surface area contributed by atoms with Crippen molar-refractivity contribution in [3.63, 3.8) is 0 Å². The molecular weight excluding hydrogens is 280 g/mol. The molecule has 21 heavy (non-hydrogen) atoms. The number of rotatable bonds is 5. The summed E-state index contributed by atoms with van der Waals surface area (Å²) in [5, 5.41) is 0.0872. The number of nitrogens with zero attached hydrogens (tertiary/aromatic N) is 2. The molecule has 0 aliphatic carbocycles. The lowest BCUT2D eigenvalue weighted by Gasteiger charge is -1.96. The summed E-state index contributed by atoms with van der Waals surface area (Å²) < 4.78 is 0. The molecule has 106 valence electrons. The maximum absolute atomic E-state index is 11.4. The van der Waals surface area contributed by atoms with Crippen LogP contribution in [0.5, 0.6) is 0 Å². The first-order chi connectivity index (χ1) is 10.3. The molecule has 0 aliphatic heterocycles. The van der Waals surface area contributed by atoms with Crippen molar-refractivity contribution in [2.45, 2.75) is 6.92 Å². The number of carbonyl (C=O) groups excluding carboxylic acids is 1. The number of aromatic nitrogens is 2. The van der Waals surface area contributed by atoms with Gasteiger partial charge in [0.25, 0.3) is 0 Å². The quantitative estimate of drug-likeness (QED) is 0.784. The standard InChI is InChI=1S/C17H16N2OS/c1-2-21-17(20)10-8-15-5-3-14(4-6-15)7-9-16-13-18-11-12-19-16/h3-13H,2H2,1H3/b9-7+,10-8+. The number of thioether (sulfide) groups is 1. The molecule has 1 aromatic carbocycles. The first kappa shape index (κ1) is 15.2. The first-order valence-corrected chi connectivity index (χ1v) is 7.65. The van der Waals surface area contributed by atoms with Gasteiger partial charge in [-0.1, -0.05) is 55.1 Å². The fourth-order valence-electron chi connectivity index (χ4n) is 1.65. The summed E-state index contributed by atoms with van der Waals surface area (Å²) in [5.41, 5.74) is 2.91. The van der Waals surface area contributed by atoms with E-state index in [4.69, 9.17) is 0 Å². The highest BCUT2D eigenvalue weighted by Gasteiger charge is 1.94. The van der Waals surface area contributed by atoms with Crippen molar-refractivity contribution in [3.8, 4) is 0 Å². The van der Waals surface area contributed by atoms with E-state index >= 15 is 0 Å². The normalized spacial score (nSPS) is 11.3. The molecule has 0 fully saturated rings. The van der Waals surface area contributed by atoms with Gasteiger partial charge in [-0.2, -0.15) is 0 Å². The molecule has 4 heteroatoms.